The molecule has 0 radical (unpaired) electrons. The lowest BCUT2D eigenvalue weighted by molar-refractivity contribution is -0.141. The van der Waals surface area contributed by atoms with E-state index in [0.717, 1.165) is 53.0 Å². The predicted molar refractivity (Wildman–Crippen MR) is 141 cm³/mol. The fourth-order valence-electron chi connectivity index (χ4n) is 4.91. The van der Waals surface area contributed by atoms with Crippen molar-refractivity contribution in [1.29, 1.82) is 0 Å². The summed E-state index contributed by atoms with van der Waals surface area (Å²) in [4.78, 5) is 28.4. The number of carbonyl (C=O) groups is 2. The number of anilines is 2. The fourth-order valence-corrected chi connectivity index (χ4v) is 4.91. The van der Waals surface area contributed by atoms with Crippen molar-refractivity contribution in [2.45, 2.75) is 38.1 Å². The Bertz CT molecular complexity index is 1130. The first-order valence-electron chi connectivity index (χ1n) is 12.1. The molecule has 2 aromatic carbocycles. The molecular formula is C28H34N4O3. The number of fused-ring (bicyclic) bond motifs is 1. The summed E-state index contributed by atoms with van der Waals surface area (Å²) in [6.07, 6.45) is 4.80. The van der Waals surface area contributed by atoms with Gasteiger partial charge in [0.15, 0.2) is 0 Å². The van der Waals surface area contributed by atoms with Crippen LogP contribution in [0.1, 0.15) is 49.3 Å². The number of rotatable bonds is 7. The number of nitrogens with zero attached hydrogens (tertiary/aromatic N) is 4. The van der Waals surface area contributed by atoms with E-state index in [1.807, 2.05) is 33.1 Å². The molecule has 184 valence electrons. The molecule has 0 unspecified atom stereocenters. The molecule has 2 aromatic rings. The number of carboxylic acids is 1. The maximum absolute atomic E-state index is 13.1. The van der Waals surface area contributed by atoms with Crippen molar-refractivity contribution < 1.29 is 14.7 Å². The lowest BCUT2D eigenvalue weighted by Gasteiger charge is -2.30. The molecule has 35 heavy (non-hydrogen) atoms. The van der Waals surface area contributed by atoms with Crippen LogP contribution in [0.5, 0.6) is 0 Å². The maximum atomic E-state index is 13.1. The quantitative estimate of drug-likeness (QED) is 0.623. The van der Waals surface area contributed by atoms with E-state index in [1.165, 1.54) is 0 Å². The topological polar surface area (TPSA) is 76.4 Å². The van der Waals surface area contributed by atoms with Crippen LogP contribution in [0.25, 0.3) is 6.08 Å². The maximum Gasteiger partial charge on any atom is 0.303 e. The number of amides is 1. The monoisotopic (exact) mass is 474 g/mol. The second-order valence-corrected chi connectivity index (χ2v) is 9.70. The summed E-state index contributed by atoms with van der Waals surface area (Å²) in [5.41, 5.74) is 6.47. The first-order chi connectivity index (χ1) is 16.7. The van der Waals surface area contributed by atoms with Crippen LogP contribution in [-0.4, -0.2) is 55.9 Å². The van der Waals surface area contributed by atoms with E-state index in [-0.39, 0.29) is 30.7 Å². The normalized spacial score (nSPS) is 20.4. The molecule has 0 saturated heterocycles. The zero-order chi connectivity index (χ0) is 25.1. The largest absolute Gasteiger partial charge is 0.481 e. The van der Waals surface area contributed by atoms with Crippen LogP contribution < -0.4 is 9.80 Å². The van der Waals surface area contributed by atoms with E-state index in [9.17, 15) is 9.59 Å². The summed E-state index contributed by atoms with van der Waals surface area (Å²) in [6, 6.07) is 16.4. The van der Waals surface area contributed by atoms with Crippen LogP contribution in [0, 0.1) is 5.92 Å². The van der Waals surface area contributed by atoms with E-state index in [1.54, 1.807) is 5.01 Å². The number of hydrogen-bond acceptors (Lipinski definition) is 5. The number of carbonyl (C=O) groups excluding carboxylic acids is 1. The van der Waals surface area contributed by atoms with Gasteiger partial charge in [0.2, 0.25) is 5.91 Å². The fraction of sp³-hybridized carbons (Fsp3) is 0.393. The van der Waals surface area contributed by atoms with Crippen LogP contribution in [-0.2, 0) is 9.59 Å². The lowest BCUT2D eigenvalue weighted by Crippen LogP contribution is -2.32. The second kappa shape index (κ2) is 10.3. The molecule has 7 heteroatoms. The number of hydrogen-bond donors (Lipinski definition) is 1. The van der Waals surface area contributed by atoms with Gasteiger partial charge in [0.1, 0.15) is 0 Å². The third-order valence-corrected chi connectivity index (χ3v) is 6.81. The SMILES string of the molecule is CN(C)c1ccc(/C=C2\CCC[C@H]3C2=NN(C(=O)CCC(=O)O)[C@@H]3c2ccc(N(C)C)cc2)cc1. The number of hydrazone groups is 1. The molecule has 1 saturated carbocycles. The van der Waals surface area contributed by atoms with Gasteiger partial charge < -0.3 is 14.9 Å². The highest BCUT2D eigenvalue weighted by Crippen LogP contribution is 2.45. The summed E-state index contributed by atoms with van der Waals surface area (Å²) >= 11 is 0. The molecule has 1 heterocycles. The van der Waals surface area contributed by atoms with Gasteiger partial charge in [0.05, 0.1) is 18.2 Å². The van der Waals surface area contributed by atoms with Gasteiger partial charge in [-0.3, -0.25) is 9.59 Å². The van der Waals surface area contributed by atoms with E-state index < -0.39 is 5.97 Å². The average molecular weight is 475 g/mol. The summed E-state index contributed by atoms with van der Waals surface area (Å²) in [6.45, 7) is 0. The molecule has 1 fully saturated rings. The number of aliphatic carboxylic acids is 1. The summed E-state index contributed by atoms with van der Waals surface area (Å²) < 4.78 is 0. The Morgan fingerprint density at radius 3 is 2.14 bits per heavy atom. The van der Waals surface area contributed by atoms with Crippen molar-refractivity contribution in [3.05, 3.63) is 65.2 Å². The van der Waals surface area contributed by atoms with E-state index in [2.05, 4.69) is 59.5 Å². The van der Waals surface area contributed by atoms with Crippen LogP contribution in [0.3, 0.4) is 0 Å². The van der Waals surface area contributed by atoms with Gasteiger partial charge in [-0.2, -0.15) is 5.10 Å². The molecule has 0 bridgehead atoms. The average Bonchev–Trinajstić information content (AvgIpc) is 3.23. The van der Waals surface area contributed by atoms with Crippen LogP contribution >= 0.6 is 0 Å². The molecule has 0 spiro atoms. The van der Waals surface area contributed by atoms with Crippen molar-refractivity contribution in [2.24, 2.45) is 11.0 Å². The van der Waals surface area contributed by atoms with Crippen LogP contribution in [0.4, 0.5) is 11.4 Å². The molecule has 1 N–H and O–H groups in total. The zero-order valence-electron chi connectivity index (χ0n) is 20.9. The highest BCUT2D eigenvalue weighted by Gasteiger charge is 2.43. The van der Waals surface area contributed by atoms with E-state index in [4.69, 9.17) is 10.2 Å². The Morgan fingerprint density at radius 1 is 0.971 bits per heavy atom. The van der Waals surface area contributed by atoms with Crippen molar-refractivity contribution in [3.63, 3.8) is 0 Å². The Labute approximate surface area is 207 Å². The first-order valence-corrected chi connectivity index (χ1v) is 12.1. The Balaban J connectivity index is 1.68. The highest BCUT2D eigenvalue weighted by molar-refractivity contribution is 6.08. The molecule has 2 atom stereocenters. The predicted octanol–water partition coefficient (Wildman–Crippen LogP) is 4.81. The second-order valence-electron chi connectivity index (χ2n) is 9.70. The van der Waals surface area contributed by atoms with Crippen molar-refractivity contribution >= 4 is 35.0 Å². The minimum atomic E-state index is -0.976. The first kappa shape index (κ1) is 24.5. The molecule has 1 amide bonds. The molecule has 1 aliphatic heterocycles. The number of carboxylic acid groups (broad SMARTS) is 1. The molecule has 1 aliphatic carbocycles. The third kappa shape index (κ3) is 5.39. The standard InChI is InChI=1S/C28H34N4O3/c1-30(2)22-12-8-19(9-13-22)18-21-6-5-7-24-27(21)29-32(25(33)16-17-26(34)35)28(24)20-10-14-23(15-11-20)31(3)4/h8-15,18,24,28H,5-7,16-17H2,1-4H3,(H,34,35)/b21-18+/t24-,28+/m0/s1. The van der Waals surface area contributed by atoms with Crippen molar-refractivity contribution in [2.75, 3.05) is 38.0 Å². The Kier molecular flexibility index (Phi) is 7.24. The molecule has 2 aliphatic rings. The number of allylic oxidation sites excluding steroid dienone is 1. The van der Waals surface area contributed by atoms with E-state index >= 15 is 0 Å². The summed E-state index contributed by atoms with van der Waals surface area (Å²) in [5.74, 6) is -1.13. The van der Waals surface area contributed by atoms with Gasteiger partial charge in [-0.1, -0.05) is 24.3 Å². The van der Waals surface area contributed by atoms with Crippen molar-refractivity contribution in [1.82, 2.24) is 5.01 Å². The number of benzene rings is 2. The van der Waals surface area contributed by atoms with Crippen LogP contribution in [0.15, 0.2) is 59.2 Å². The van der Waals surface area contributed by atoms with Crippen LogP contribution in [0.2, 0.25) is 0 Å². The smallest absolute Gasteiger partial charge is 0.303 e. The molecular weight excluding hydrogens is 440 g/mol. The van der Waals surface area contributed by atoms with Gasteiger partial charge in [0.25, 0.3) is 0 Å². The summed E-state index contributed by atoms with van der Waals surface area (Å²) in [7, 11) is 8.04. The minimum Gasteiger partial charge on any atom is -0.481 e. The van der Waals surface area contributed by atoms with Gasteiger partial charge in [0, 0.05) is 51.9 Å². The third-order valence-electron chi connectivity index (χ3n) is 6.81. The van der Waals surface area contributed by atoms with Gasteiger partial charge >= 0.3 is 5.97 Å². The Morgan fingerprint density at radius 2 is 1.57 bits per heavy atom. The highest BCUT2D eigenvalue weighted by atomic mass is 16.4. The van der Waals surface area contributed by atoms with Gasteiger partial charge in [-0.15, -0.1) is 0 Å². The minimum absolute atomic E-state index is 0.0594. The van der Waals surface area contributed by atoms with Gasteiger partial charge in [-0.25, -0.2) is 5.01 Å². The van der Waals surface area contributed by atoms with E-state index in [0.29, 0.717) is 0 Å². The van der Waals surface area contributed by atoms with Gasteiger partial charge in [-0.05, 0) is 66.3 Å². The Hall–Kier alpha value is -3.61. The molecule has 4 rings (SSSR count). The lowest BCUT2D eigenvalue weighted by atomic mass is 9.77. The zero-order valence-corrected chi connectivity index (χ0v) is 20.9. The molecule has 7 nitrogen and oxygen atoms in total. The van der Waals surface area contributed by atoms with Crippen molar-refractivity contribution in [3.8, 4) is 0 Å². The molecule has 0 aromatic heterocycles. The summed E-state index contributed by atoms with van der Waals surface area (Å²) in [5, 5.41) is 15.5.